The molecule has 102 valence electrons. The first-order valence-corrected chi connectivity index (χ1v) is 7.13. The third-order valence-corrected chi connectivity index (χ3v) is 3.37. The Morgan fingerprint density at radius 2 is 2.00 bits per heavy atom. The molecule has 0 aliphatic rings. The van der Waals surface area contributed by atoms with Gasteiger partial charge in [0.2, 0.25) is 15.9 Å². The van der Waals surface area contributed by atoms with Crippen LogP contribution in [0.25, 0.3) is 0 Å². The van der Waals surface area contributed by atoms with Gasteiger partial charge in [0.25, 0.3) is 0 Å². The summed E-state index contributed by atoms with van der Waals surface area (Å²) in [5.74, 6) is -0.345. The van der Waals surface area contributed by atoms with Gasteiger partial charge in [-0.05, 0) is 31.5 Å². The summed E-state index contributed by atoms with van der Waals surface area (Å²) in [6.07, 6.45) is 6.43. The largest absolute Gasteiger partial charge is 0.322 e. The number of anilines is 1. The molecule has 0 unspecified atom stereocenters. The Labute approximate surface area is 112 Å². The summed E-state index contributed by atoms with van der Waals surface area (Å²) in [7, 11) is -3.79. The van der Waals surface area contributed by atoms with Gasteiger partial charge in [-0.3, -0.25) is 4.79 Å². The number of nitrogens with two attached hydrogens (primary N) is 1. The molecule has 0 spiro atoms. The van der Waals surface area contributed by atoms with E-state index in [1.54, 1.807) is 37.3 Å². The SMILES string of the molecule is CC=CC=CC(=O)Nc1ccc(C)c(S(N)(=O)=O)c1. The average molecular weight is 280 g/mol. The predicted octanol–water partition coefficient (Wildman–Crippen LogP) is 1.71. The Hall–Kier alpha value is -1.92. The second kappa shape index (κ2) is 6.31. The number of hydrogen-bond acceptors (Lipinski definition) is 3. The maximum atomic E-state index is 11.5. The maximum absolute atomic E-state index is 11.5. The number of allylic oxidation sites excluding steroid dienone is 3. The van der Waals surface area contributed by atoms with E-state index in [1.165, 1.54) is 12.1 Å². The zero-order valence-electron chi connectivity index (χ0n) is 10.8. The van der Waals surface area contributed by atoms with Crippen molar-refractivity contribution in [1.29, 1.82) is 0 Å². The summed E-state index contributed by atoms with van der Waals surface area (Å²) in [5, 5.41) is 7.65. The smallest absolute Gasteiger partial charge is 0.248 e. The summed E-state index contributed by atoms with van der Waals surface area (Å²) in [4.78, 5) is 11.5. The van der Waals surface area contributed by atoms with Crippen molar-refractivity contribution in [2.24, 2.45) is 5.14 Å². The molecular formula is C13H16N2O3S. The van der Waals surface area contributed by atoms with Gasteiger partial charge in [-0.25, -0.2) is 13.6 Å². The molecule has 0 radical (unpaired) electrons. The molecule has 1 aromatic rings. The standard InChI is InChI=1S/C13H16N2O3S/c1-3-4-5-6-13(16)15-11-8-7-10(2)12(9-11)19(14,17)18/h3-9H,1-2H3,(H,15,16)(H2,14,17,18). The molecule has 0 bridgehead atoms. The monoisotopic (exact) mass is 280 g/mol. The fourth-order valence-corrected chi connectivity index (χ4v) is 2.23. The molecule has 1 rings (SSSR count). The lowest BCUT2D eigenvalue weighted by atomic mass is 10.2. The van der Waals surface area contributed by atoms with Crippen LogP contribution in [0.4, 0.5) is 5.69 Å². The second-order valence-corrected chi connectivity index (χ2v) is 5.43. The Morgan fingerprint density at radius 1 is 1.32 bits per heavy atom. The van der Waals surface area contributed by atoms with Crippen molar-refractivity contribution in [3.8, 4) is 0 Å². The first-order chi connectivity index (χ1) is 8.84. The molecule has 1 aromatic carbocycles. The second-order valence-electron chi connectivity index (χ2n) is 3.90. The third-order valence-electron chi connectivity index (χ3n) is 2.31. The lowest BCUT2D eigenvalue weighted by Gasteiger charge is -2.07. The molecule has 0 saturated heterocycles. The minimum absolute atomic E-state index is 0.00253. The molecule has 6 heteroatoms. The molecule has 1 amide bonds. The lowest BCUT2D eigenvalue weighted by Crippen LogP contribution is -2.15. The van der Waals surface area contributed by atoms with Crippen LogP contribution in [0.3, 0.4) is 0 Å². The molecule has 19 heavy (non-hydrogen) atoms. The summed E-state index contributed by atoms with van der Waals surface area (Å²) in [6, 6.07) is 4.54. The van der Waals surface area contributed by atoms with Gasteiger partial charge in [-0.2, -0.15) is 0 Å². The number of sulfonamides is 1. The van der Waals surface area contributed by atoms with E-state index >= 15 is 0 Å². The lowest BCUT2D eigenvalue weighted by molar-refractivity contribution is -0.111. The van der Waals surface area contributed by atoms with Crippen molar-refractivity contribution in [3.05, 3.63) is 48.1 Å². The minimum Gasteiger partial charge on any atom is -0.322 e. The topological polar surface area (TPSA) is 89.3 Å². The molecule has 0 aliphatic heterocycles. The van der Waals surface area contributed by atoms with E-state index in [-0.39, 0.29) is 10.8 Å². The summed E-state index contributed by atoms with van der Waals surface area (Å²) in [5.41, 5.74) is 0.912. The fourth-order valence-electron chi connectivity index (χ4n) is 1.42. The number of amides is 1. The van der Waals surface area contributed by atoms with Gasteiger partial charge < -0.3 is 5.32 Å². The van der Waals surface area contributed by atoms with Crippen LogP contribution in [0.2, 0.25) is 0 Å². The quantitative estimate of drug-likeness (QED) is 0.650. The highest BCUT2D eigenvalue weighted by molar-refractivity contribution is 7.89. The van der Waals surface area contributed by atoms with E-state index in [1.807, 2.05) is 6.92 Å². The summed E-state index contributed by atoms with van der Waals surface area (Å²) < 4.78 is 22.7. The Balaban J connectivity index is 2.95. The van der Waals surface area contributed by atoms with E-state index < -0.39 is 10.0 Å². The van der Waals surface area contributed by atoms with Crippen molar-refractivity contribution in [3.63, 3.8) is 0 Å². The van der Waals surface area contributed by atoms with Crippen LogP contribution in [-0.4, -0.2) is 14.3 Å². The first kappa shape index (κ1) is 15.1. The van der Waals surface area contributed by atoms with Gasteiger partial charge in [-0.1, -0.05) is 24.3 Å². The number of hydrogen-bond donors (Lipinski definition) is 2. The van der Waals surface area contributed by atoms with E-state index in [0.717, 1.165) is 0 Å². The number of primary sulfonamides is 1. The zero-order chi connectivity index (χ0) is 14.5. The van der Waals surface area contributed by atoms with Gasteiger partial charge in [0.1, 0.15) is 0 Å². The Morgan fingerprint density at radius 3 is 2.58 bits per heavy atom. The van der Waals surface area contributed by atoms with E-state index in [0.29, 0.717) is 11.3 Å². The van der Waals surface area contributed by atoms with E-state index in [4.69, 9.17) is 5.14 Å². The van der Waals surface area contributed by atoms with Gasteiger partial charge in [0.15, 0.2) is 0 Å². The maximum Gasteiger partial charge on any atom is 0.248 e. The van der Waals surface area contributed by atoms with Crippen molar-refractivity contribution in [1.82, 2.24) is 0 Å². The molecule has 0 aromatic heterocycles. The Kier molecular flexibility index (Phi) is 5.02. The van der Waals surface area contributed by atoms with Crippen LogP contribution in [0.1, 0.15) is 12.5 Å². The van der Waals surface area contributed by atoms with Gasteiger partial charge in [0.05, 0.1) is 4.90 Å². The Bertz CT molecular complexity index is 631. The van der Waals surface area contributed by atoms with Crippen LogP contribution in [0, 0.1) is 6.92 Å². The highest BCUT2D eigenvalue weighted by atomic mass is 32.2. The zero-order valence-corrected chi connectivity index (χ0v) is 11.6. The number of aryl methyl sites for hydroxylation is 1. The van der Waals surface area contributed by atoms with Crippen LogP contribution in [0.5, 0.6) is 0 Å². The molecule has 3 N–H and O–H groups in total. The molecule has 0 atom stereocenters. The number of rotatable bonds is 4. The molecule has 0 aliphatic carbocycles. The molecule has 0 fully saturated rings. The predicted molar refractivity (Wildman–Crippen MR) is 75.1 cm³/mol. The molecule has 0 heterocycles. The van der Waals surface area contributed by atoms with Crippen LogP contribution < -0.4 is 10.5 Å². The van der Waals surface area contributed by atoms with Gasteiger partial charge in [0, 0.05) is 11.8 Å². The van der Waals surface area contributed by atoms with E-state index in [2.05, 4.69) is 5.32 Å². The third kappa shape index (κ3) is 4.69. The summed E-state index contributed by atoms with van der Waals surface area (Å²) in [6.45, 7) is 3.47. The molecular weight excluding hydrogens is 264 g/mol. The number of benzene rings is 1. The van der Waals surface area contributed by atoms with Crippen molar-refractivity contribution in [2.45, 2.75) is 18.7 Å². The van der Waals surface area contributed by atoms with Gasteiger partial charge in [-0.15, -0.1) is 0 Å². The highest BCUT2D eigenvalue weighted by Gasteiger charge is 2.12. The number of nitrogens with one attached hydrogen (secondary N) is 1. The normalized spacial score (nSPS) is 12.2. The molecule has 0 saturated carbocycles. The van der Waals surface area contributed by atoms with E-state index in [9.17, 15) is 13.2 Å². The average Bonchev–Trinajstić information content (AvgIpc) is 2.30. The minimum atomic E-state index is -3.79. The first-order valence-electron chi connectivity index (χ1n) is 5.58. The highest BCUT2D eigenvalue weighted by Crippen LogP contribution is 2.18. The summed E-state index contributed by atoms with van der Waals surface area (Å²) >= 11 is 0. The van der Waals surface area contributed by atoms with Gasteiger partial charge >= 0.3 is 0 Å². The number of carbonyl (C=O) groups is 1. The van der Waals surface area contributed by atoms with Crippen molar-refractivity contribution in [2.75, 3.05) is 5.32 Å². The molecule has 5 nitrogen and oxygen atoms in total. The van der Waals surface area contributed by atoms with Crippen LogP contribution in [-0.2, 0) is 14.8 Å². The van der Waals surface area contributed by atoms with Crippen LogP contribution >= 0.6 is 0 Å². The number of carbonyl (C=O) groups excluding carboxylic acids is 1. The van der Waals surface area contributed by atoms with Crippen molar-refractivity contribution < 1.29 is 13.2 Å². The van der Waals surface area contributed by atoms with Crippen LogP contribution in [0.15, 0.2) is 47.4 Å². The van der Waals surface area contributed by atoms with Crippen molar-refractivity contribution >= 4 is 21.6 Å². The fraction of sp³-hybridized carbons (Fsp3) is 0.154.